The average molecular weight is 157 g/mol. The minimum atomic E-state index is 0.998. The summed E-state index contributed by atoms with van der Waals surface area (Å²) in [7, 11) is 0. The van der Waals surface area contributed by atoms with Crippen LogP contribution in [0.5, 0.6) is 0 Å². The van der Waals surface area contributed by atoms with E-state index in [-0.39, 0.29) is 0 Å². The predicted molar refractivity (Wildman–Crippen MR) is 53.6 cm³/mol. The summed E-state index contributed by atoms with van der Waals surface area (Å²) in [5, 5.41) is 0. The maximum Gasteiger partial charge on any atom is -0.0241 e. The third-order valence-electron chi connectivity index (χ3n) is 1.47. The molecule has 1 aliphatic carbocycles. The number of allylic oxidation sites excluding steroid dienone is 10. The van der Waals surface area contributed by atoms with Crippen LogP contribution < -0.4 is 0 Å². The highest BCUT2D eigenvalue weighted by molar-refractivity contribution is 5.17. The Morgan fingerprint density at radius 1 is 0.750 bits per heavy atom. The van der Waals surface area contributed by atoms with Crippen LogP contribution in [0.3, 0.4) is 0 Å². The first-order valence-electron chi connectivity index (χ1n) is 4.22. The van der Waals surface area contributed by atoms with E-state index >= 15 is 0 Å². The molecule has 0 aromatic carbocycles. The Bertz CT molecular complexity index is 211. The molecule has 0 spiro atoms. The van der Waals surface area contributed by atoms with Gasteiger partial charge in [0.15, 0.2) is 0 Å². The van der Waals surface area contributed by atoms with Gasteiger partial charge in [-0.15, -0.1) is 0 Å². The molecule has 1 aliphatic rings. The molecular weight excluding hydrogens is 144 g/mol. The Hall–Kier alpha value is -1.30. The van der Waals surface area contributed by atoms with Gasteiger partial charge in [-0.2, -0.15) is 0 Å². The van der Waals surface area contributed by atoms with Gasteiger partial charge in [0.05, 0.1) is 0 Å². The molecule has 0 bridgehead atoms. The predicted octanol–water partition coefficient (Wildman–Crippen LogP) is 3.36. The van der Waals surface area contributed by atoms with E-state index in [9.17, 15) is 0 Å². The molecule has 0 nitrogen and oxygen atoms in total. The molecular formula is C12H13. The SMILES string of the molecule is [C]1=C/C=C\C=C\C=C/C=C/CC/1. The number of hydrogen-bond acceptors (Lipinski definition) is 0. The molecule has 0 aromatic heterocycles. The van der Waals surface area contributed by atoms with Crippen molar-refractivity contribution in [3.63, 3.8) is 0 Å². The third kappa shape index (κ3) is 4.51. The van der Waals surface area contributed by atoms with Crippen LogP contribution in [0.4, 0.5) is 0 Å². The van der Waals surface area contributed by atoms with Crippen molar-refractivity contribution >= 4 is 0 Å². The van der Waals surface area contributed by atoms with E-state index in [2.05, 4.69) is 18.2 Å². The van der Waals surface area contributed by atoms with Crippen molar-refractivity contribution in [1.29, 1.82) is 0 Å². The Morgan fingerprint density at radius 2 is 1.42 bits per heavy atom. The summed E-state index contributed by atoms with van der Waals surface area (Å²) in [6.45, 7) is 0. The molecule has 0 aromatic rings. The van der Waals surface area contributed by atoms with Crippen molar-refractivity contribution in [1.82, 2.24) is 0 Å². The van der Waals surface area contributed by atoms with Gasteiger partial charge in [0.25, 0.3) is 0 Å². The van der Waals surface area contributed by atoms with Gasteiger partial charge in [0.1, 0.15) is 0 Å². The number of hydrogen-bond donors (Lipinski definition) is 0. The Kier molecular flexibility index (Phi) is 4.70. The fourth-order valence-corrected chi connectivity index (χ4v) is 0.869. The summed E-state index contributed by atoms with van der Waals surface area (Å²) < 4.78 is 0. The highest BCUT2D eigenvalue weighted by Crippen LogP contribution is 1.94. The van der Waals surface area contributed by atoms with Crippen LogP contribution in [0.15, 0.2) is 54.7 Å². The lowest BCUT2D eigenvalue weighted by Crippen LogP contribution is -1.65. The summed E-state index contributed by atoms with van der Waals surface area (Å²) in [4.78, 5) is 0. The summed E-state index contributed by atoms with van der Waals surface area (Å²) in [6.07, 6.45) is 23.5. The Labute approximate surface area is 74.3 Å². The molecule has 0 saturated heterocycles. The molecule has 1 rings (SSSR count). The van der Waals surface area contributed by atoms with E-state index in [1.807, 2.05) is 42.5 Å². The van der Waals surface area contributed by atoms with Crippen molar-refractivity contribution in [3.8, 4) is 0 Å². The van der Waals surface area contributed by atoms with Gasteiger partial charge < -0.3 is 0 Å². The van der Waals surface area contributed by atoms with Crippen LogP contribution in [-0.2, 0) is 0 Å². The second kappa shape index (κ2) is 6.41. The smallest absolute Gasteiger partial charge is 0.0241 e. The van der Waals surface area contributed by atoms with Crippen LogP contribution in [0.1, 0.15) is 12.8 Å². The van der Waals surface area contributed by atoms with Crippen molar-refractivity contribution in [3.05, 3.63) is 60.8 Å². The summed E-state index contributed by atoms with van der Waals surface area (Å²) >= 11 is 0. The topological polar surface area (TPSA) is 0 Å². The van der Waals surface area contributed by atoms with Gasteiger partial charge >= 0.3 is 0 Å². The second-order valence-corrected chi connectivity index (χ2v) is 2.49. The maximum absolute atomic E-state index is 3.18. The van der Waals surface area contributed by atoms with Gasteiger partial charge in [0, 0.05) is 0 Å². The van der Waals surface area contributed by atoms with Crippen LogP contribution in [0, 0.1) is 6.08 Å². The van der Waals surface area contributed by atoms with Gasteiger partial charge in [-0.25, -0.2) is 0 Å². The normalized spacial score (nSPS) is 30.7. The molecule has 0 aliphatic heterocycles. The first-order chi connectivity index (χ1) is 6.00. The number of rotatable bonds is 0. The quantitative estimate of drug-likeness (QED) is 0.505. The molecule has 1 radical (unpaired) electrons. The lowest BCUT2D eigenvalue weighted by atomic mass is 10.2. The minimum Gasteiger partial charge on any atom is -0.0842 e. The lowest BCUT2D eigenvalue weighted by molar-refractivity contribution is 1.03. The van der Waals surface area contributed by atoms with Gasteiger partial charge in [0.2, 0.25) is 0 Å². The first kappa shape index (κ1) is 8.79. The van der Waals surface area contributed by atoms with Crippen LogP contribution in [0.2, 0.25) is 0 Å². The van der Waals surface area contributed by atoms with E-state index in [1.54, 1.807) is 0 Å². The molecule has 0 heteroatoms. The van der Waals surface area contributed by atoms with Gasteiger partial charge in [-0.3, -0.25) is 0 Å². The standard InChI is InChI=1S/C12H13/c1-2-4-6-8-10-12-11-9-7-5-3-1/h1-9H,10,12H2/b3-1+,4-2-,7-5-,8-6+,11-9?. The second-order valence-electron chi connectivity index (χ2n) is 2.49. The third-order valence-corrected chi connectivity index (χ3v) is 1.47. The zero-order valence-corrected chi connectivity index (χ0v) is 7.11. The fourth-order valence-electron chi connectivity index (χ4n) is 0.869. The summed E-state index contributed by atoms with van der Waals surface area (Å²) in [6, 6.07) is 0. The zero-order chi connectivity index (χ0) is 8.49. The average Bonchev–Trinajstić information content (AvgIpc) is 2.05. The molecule has 0 saturated carbocycles. The first-order valence-corrected chi connectivity index (χ1v) is 4.22. The summed E-state index contributed by atoms with van der Waals surface area (Å²) in [5.74, 6) is 0. The van der Waals surface area contributed by atoms with Crippen molar-refractivity contribution in [2.45, 2.75) is 12.8 Å². The van der Waals surface area contributed by atoms with Crippen molar-refractivity contribution in [2.75, 3.05) is 0 Å². The van der Waals surface area contributed by atoms with E-state index < -0.39 is 0 Å². The largest absolute Gasteiger partial charge is 0.0842 e. The molecule has 61 valence electrons. The summed E-state index contributed by atoms with van der Waals surface area (Å²) in [5.41, 5.74) is 0. The van der Waals surface area contributed by atoms with Crippen molar-refractivity contribution < 1.29 is 0 Å². The molecule has 0 fully saturated rings. The zero-order valence-electron chi connectivity index (χ0n) is 7.11. The highest BCUT2D eigenvalue weighted by atomic mass is 13.8. The minimum absolute atomic E-state index is 0.998. The monoisotopic (exact) mass is 157 g/mol. The van der Waals surface area contributed by atoms with Gasteiger partial charge in [-0.05, 0) is 18.9 Å². The molecule has 0 heterocycles. The van der Waals surface area contributed by atoms with Gasteiger partial charge in [-0.1, -0.05) is 54.7 Å². The molecule has 12 heavy (non-hydrogen) atoms. The Morgan fingerprint density at radius 3 is 2.25 bits per heavy atom. The molecule has 0 N–H and O–H groups in total. The van der Waals surface area contributed by atoms with Crippen LogP contribution in [-0.4, -0.2) is 0 Å². The van der Waals surface area contributed by atoms with E-state index in [0.29, 0.717) is 0 Å². The van der Waals surface area contributed by atoms with E-state index in [1.165, 1.54) is 0 Å². The maximum atomic E-state index is 3.18. The van der Waals surface area contributed by atoms with Crippen molar-refractivity contribution in [2.24, 2.45) is 0 Å². The lowest BCUT2D eigenvalue weighted by Gasteiger charge is -1.84. The van der Waals surface area contributed by atoms with Crippen LogP contribution >= 0.6 is 0 Å². The molecule has 0 amide bonds. The highest BCUT2D eigenvalue weighted by Gasteiger charge is 1.75. The van der Waals surface area contributed by atoms with E-state index in [0.717, 1.165) is 12.8 Å². The Balaban J connectivity index is 2.55. The fraction of sp³-hybridized carbons (Fsp3) is 0.167. The molecule has 0 unspecified atom stereocenters. The van der Waals surface area contributed by atoms with E-state index in [4.69, 9.17) is 0 Å². The molecule has 0 atom stereocenters. The van der Waals surface area contributed by atoms with Crippen LogP contribution in [0.25, 0.3) is 0 Å².